The minimum absolute atomic E-state index is 0.0623. The number of anilines is 1. The number of nitrogens with one attached hydrogen (secondary N) is 1. The van der Waals surface area contributed by atoms with Gasteiger partial charge < -0.3 is 15.8 Å². The molecular weight excluding hydrogens is 383 g/mol. The Kier molecular flexibility index (Phi) is 4.78. The fourth-order valence-electron chi connectivity index (χ4n) is 3.62. The Morgan fingerprint density at radius 2 is 2.00 bits per heavy atom. The standard InChI is InChI=1S/C22H19FN6O/c23-15-3-1-2-13(8-15)16-9-18(29-22-20(16)21(24)27-12-28-22)14-4-5-17(26-10-14)19-11-25-6-7-30-19/h1-5,8-10,12,19,25H,6-7,11H2,(H2,24,27,28,29). The van der Waals surface area contributed by atoms with Gasteiger partial charge in [-0.25, -0.2) is 19.3 Å². The molecule has 4 heterocycles. The predicted molar refractivity (Wildman–Crippen MR) is 112 cm³/mol. The molecule has 0 saturated carbocycles. The lowest BCUT2D eigenvalue weighted by Gasteiger charge is -2.23. The van der Waals surface area contributed by atoms with Gasteiger partial charge in [-0.05, 0) is 41.5 Å². The highest BCUT2D eigenvalue weighted by atomic mass is 19.1. The minimum Gasteiger partial charge on any atom is -0.383 e. The lowest BCUT2D eigenvalue weighted by Crippen LogP contribution is -2.33. The summed E-state index contributed by atoms with van der Waals surface area (Å²) < 4.78 is 19.7. The number of morpholine rings is 1. The van der Waals surface area contributed by atoms with E-state index in [4.69, 9.17) is 10.5 Å². The van der Waals surface area contributed by atoms with Crippen LogP contribution in [-0.2, 0) is 4.74 Å². The van der Waals surface area contributed by atoms with Gasteiger partial charge in [0.05, 0.1) is 23.4 Å². The molecule has 30 heavy (non-hydrogen) atoms. The Labute approximate surface area is 172 Å². The van der Waals surface area contributed by atoms with Crippen molar-refractivity contribution in [1.82, 2.24) is 25.3 Å². The van der Waals surface area contributed by atoms with E-state index in [-0.39, 0.29) is 11.9 Å². The Morgan fingerprint density at radius 3 is 2.77 bits per heavy atom. The second kappa shape index (κ2) is 7.74. The van der Waals surface area contributed by atoms with Gasteiger partial charge in [0.25, 0.3) is 0 Å². The molecule has 0 spiro atoms. The van der Waals surface area contributed by atoms with Crippen molar-refractivity contribution >= 4 is 16.9 Å². The van der Waals surface area contributed by atoms with E-state index in [0.717, 1.165) is 29.9 Å². The Hall–Kier alpha value is -3.49. The van der Waals surface area contributed by atoms with Crippen molar-refractivity contribution in [2.45, 2.75) is 6.10 Å². The number of nitrogens with two attached hydrogens (primary N) is 1. The van der Waals surface area contributed by atoms with Gasteiger partial charge in [0.2, 0.25) is 0 Å². The fraction of sp³-hybridized carbons (Fsp3) is 0.182. The van der Waals surface area contributed by atoms with E-state index in [1.54, 1.807) is 12.3 Å². The number of nitrogen functional groups attached to an aromatic ring is 1. The largest absolute Gasteiger partial charge is 0.383 e. The monoisotopic (exact) mass is 402 g/mol. The van der Waals surface area contributed by atoms with Crippen molar-refractivity contribution in [1.29, 1.82) is 0 Å². The van der Waals surface area contributed by atoms with Crippen molar-refractivity contribution in [3.63, 3.8) is 0 Å². The van der Waals surface area contributed by atoms with Gasteiger partial charge in [0.1, 0.15) is 24.1 Å². The van der Waals surface area contributed by atoms with Crippen LogP contribution in [0.2, 0.25) is 0 Å². The quantitative estimate of drug-likeness (QED) is 0.543. The van der Waals surface area contributed by atoms with Gasteiger partial charge in [0.15, 0.2) is 5.65 Å². The van der Waals surface area contributed by atoms with E-state index in [2.05, 4.69) is 25.3 Å². The van der Waals surface area contributed by atoms with Crippen LogP contribution in [0.5, 0.6) is 0 Å². The van der Waals surface area contributed by atoms with Crippen molar-refractivity contribution in [2.24, 2.45) is 0 Å². The second-order valence-electron chi connectivity index (χ2n) is 7.06. The van der Waals surface area contributed by atoms with Gasteiger partial charge in [-0.2, -0.15) is 0 Å². The van der Waals surface area contributed by atoms with E-state index < -0.39 is 0 Å². The Bertz CT molecular complexity index is 1210. The van der Waals surface area contributed by atoms with Gasteiger partial charge >= 0.3 is 0 Å². The lowest BCUT2D eigenvalue weighted by molar-refractivity contribution is 0.0250. The molecule has 0 bridgehead atoms. The molecule has 0 amide bonds. The van der Waals surface area contributed by atoms with Crippen LogP contribution >= 0.6 is 0 Å². The number of rotatable bonds is 3. The van der Waals surface area contributed by atoms with Crippen molar-refractivity contribution in [3.05, 3.63) is 66.5 Å². The molecule has 4 aromatic rings. The molecule has 1 aromatic carbocycles. The zero-order valence-electron chi connectivity index (χ0n) is 16.0. The van der Waals surface area contributed by atoms with Crippen LogP contribution in [0.1, 0.15) is 11.8 Å². The number of ether oxygens (including phenoxy) is 1. The number of fused-ring (bicyclic) bond motifs is 1. The van der Waals surface area contributed by atoms with E-state index >= 15 is 0 Å². The molecular formula is C22H19FN6O. The maximum absolute atomic E-state index is 13.9. The van der Waals surface area contributed by atoms with Crippen molar-refractivity contribution in [2.75, 3.05) is 25.4 Å². The third-order valence-electron chi connectivity index (χ3n) is 5.11. The van der Waals surface area contributed by atoms with Gasteiger partial charge in [0, 0.05) is 24.8 Å². The number of aromatic nitrogens is 4. The molecule has 7 nitrogen and oxygen atoms in total. The summed E-state index contributed by atoms with van der Waals surface area (Å²) in [6.45, 7) is 2.25. The van der Waals surface area contributed by atoms with Gasteiger partial charge in [-0.3, -0.25) is 4.98 Å². The molecule has 1 saturated heterocycles. The second-order valence-corrected chi connectivity index (χ2v) is 7.06. The van der Waals surface area contributed by atoms with Gasteiger partial charge in [-0.1, -0.05) is 12.1 Å². The average Bonchev–Trinajstić information content (AvgIpc) is 2.79. The summed E-state index contributed by atoms with van der Waals surface area (Å²) in [6.07, 6.45) is 3.08. The van der Waals surface area contributed by atoms with E-state index in [0.29, 0.717) is 34.7 Å². The minimum atomic E-state index is -0.332. The number of hydrogen-bond acceptors (Lipinski definition) is 7. The van der Waals surface area contributed by atoms with Crippen LogP contribution in [0, 0.1) is 5.82 Å². The first kappa shape index (κ1) is 18.5. The first-order valence-corrected chi connectivity index (χ1v) is 9.65. The molecule has 1 unspecified atom stereocenters. The van der Waals surface area contributed by atoms with Gasteiger partial charge in [-0.15, -0.1) is 0 Å². The summed E-state index contributed by atoms with van der Waals surface area (Å²) in [6, 6.07) is 12.1. The smallest absolute Gasteiger partial charge is 0.165 e. The molecule has 5 rings (SSSR count). The zero-order chi connectivity index (χ0) is 20.5. The molecule has 1 aliphatic rings. The molecule has 1 atom stereocenters. The first-order valence-electron chi connectivity index (χ1n) is 9.65. The summed E-state index contributed by atoms with van der Waals surface area (Å²) in [5, 5.41) is 3.90. The summed E-state index contributed by atoms with van der Waals surface area (Å²) in [5.41, 5.74) is 10.3. The maximum atomic E-state index is 13.9. The summed E-state index contributed by atoms with van der Waals surface area (Å²) in [5.74, 6) is -0.0322. The summed E-state index contributed by atoms with van der Waals surface area (Å²) in [4.78, 5) is 17.6. The Balaban J connectivity index is 1.61. The van der Waals surface area contributed by atoms with E-state index in [9.17, 15) is 4.39 Å². The maximum Gasteiger partial charge on any atom is 0.165 e. The average molecular weight is 402 g/mol. The molecule has 1 aliphatic heterocycles. The molecule has 150 valence electrons. The summed E-state index contributed by atoms with van der Waals surface area (Å²) >= 11 is 0. The summed E-state index contributed by atoms with van der Waals surface area (Å²) in [7, 11) is 0. The van der Waals surface area contributed by atoms with Crippen LogP contribution in [0.3, 0.4) is 0 Å². The number of benzene rings is 1. The third-order valence-corrected chi connectivity index (χ3v) is 5.11. The van der Waals surface area contributed by atoms with Crippen LogP contribution in [-0.4, -0.2) is 39.6 Å². The lowest BCUT2D eigenvalue weighted by atomic mass is 10.00. The highest BCUT2D eigenvalue weighted by Gasteiger charge is 2.18. The zero-order valence-corrected chi connectivity index (χ0v) is 16.0. The number of nitrogens with zero attached hydrogens (tertiary/aromatic N) is 4. The highest BCUT2D eigenvalue weighted by Crippen LogP contribution is 2.34. The Morgan fingerprint density at radius 1 is 1.07 bits per heavy atom. The third kappa shape index (κ3) is 3.47. The van der Waals surface area contributed by atoms with Crippen LogP contribution in [0.15, 0.2) is 55.0 Å². The van der Waals surface area contributed by atoms with E-state index in [1.807, 2.05) is 24.3 Å². The highest BCUT2D eigenvalue weighted by molar-refractivity contribution is 6.00. The van der Waals surface area contributed by atoms with Crippen LogP contribution in [0.25, 0.3) is 33.4 Å². The molecule has 3 aromatic heterocycles. The van der Waals surface area contributed by atoms with Crippen LogP contribution in [0.4, 0.5) is 10.2 Å². The molecule has 1 fully saturated rings. The number of pyridine rings is 2. The predicted octanol–water partition coefficient (Wildman–Crippen LogP) is 3.14. The molecule has 3 N–H and O–H groups in total. The van der Waals surface area contributed by atoms with Crippen molar-refractivity contribution < 1.29 is 9.13 Å². The topological polar surface area (TPSA) is 98.8 Å². The normalized spacial score (nSPS) is 16.6. The molecule has 0 radical (unpaired) electrons. The first-order chi connectivity index (χ1) is 14.7. The van der Waals surface area contributed by atoms with Crippen molar-refractivity contribution in [3.8, 4) is 22.4 Å². The molecule has 0 aliphatic carbocycles. The van der Waals surface area contributed by atoms with E-state index in [1.165, 1.54) is 18.5 Å². The fourth-order valence-corrected chi connectivity index (χ4v) is 3.62. The molecule has 8 heteroatoms. The number of hydrogen-bond donors (Lipinski definition) is 2. The SMILES string of the molecule is Nc1ncnc2nc(-c3ccc(C4CNCCO4)nc3)cc(-c3cccc(F)c3)c12. The van der Waals surface area contributed by atoms with Crippen LogP contribution < -0.4 is 11.1 Å². The number of halogens is 1.